The average molecular weight is 285 g/mol. The van der Waals surface area contributed by atoms with Gasteiger partial charge in [0.1, 0.15) is 0 Å². The van der Waals surface area contributed by atoms with Gasteiger partial charge in [-0.05, 0) is 40.9 Å². The van der Waals surface area contributed by atoms with Gasteiger partial charge in [0, 0.05) is 26.7 Å². The lowest BCUT2D eigenvalue weighted by molar-refractivity contribution is 0.296. The second kappa shape index (κ2) is 4.13. The number of halogens is 1. The molecule has 1 N–H and O–H groups in total. The summed E-state index contributed by atoms with van der Waals surface area (Å²) in [6.07, 6.45) is 1.88. The van der Waals surface area contributed by atoms with Crippen molar-refractivity contribution in [3.05, 3.63) is 16.4 Å². The molecule has 1 aromatic rings. The van der Waals surface area contributed by atoms with Gasteiger partial charge in [-0.15, -0.1) is 0 Å². The van der Waals surface area contributed by atoms with E-state index >= 15 is 0 Å². The zero-order valence-corrected chi connectivity index (χ0v) is 11.1. The van der Waals surface area contributed by atoms with E-state index in [1.807, 2.05) is 17.9 Å². The van der Waals surface area contributed by atoms with E-state index in [-0.39, 0.29) is 0 Å². The van der Waals surface area contributed by atoms with Crippen molar-refractivity contribution in [3.8, 4) is 0 Å². The van der Waals surface area contributed by atoms with Gasteiger partial charge in [0.2, 0.25) is 0 Å². The molecule has 0 aliphatic carbocycles. The molecule has 4 nitrogen and oxygen atoms in total. The predicted molar refractivity (Wildman–Crippen MR) is 66.0 cm³/mol. The van der Waals surface area contributed by atoms with Gasteiger partial charge in [-0.25, -0.2) is 0 Å². The van der Waals surface area contributed by atoms with Crippen LogP contribution < -0.4 is 5.32 Å². The number of likely N-dealkylation sites (tertiary alicyclic amines) is 1. The first-order valence-corrected chi connectivity index (χ1v) is 6.63. The molecular weight excluding hydrogens is 268 g/mol. The second-order valence-electron chi connectivity index (χ2n) is 4.94. The summed E-state index contributed by atoms with van der Waals surface area (Å²) in [5.41, 5.74) is 1.29. The number of fused-ring (bicyclic) bond motifs is 1. The summed E-state index contributed by atoms with van der Waals surface area (Å²) < 4.78 is 3.10. The van der Waals surface area contributed by atoms with Crippen molar-refractivity contribution in [2.45, 2.75) is 6.54 Å². The molecule has 88 valence electrons. The molecule has 0 aromatic carbocycles. The van der Waals surface area contributed by atoms with Gasteiger partial charge in [-0.3, -0.25) is 9.58 Å². The van der Waals surface area contributed by atoms with Crippen molar-refractivity contribution in [2.75, 3.05) is 26.2 Å². The SMILES string of the molecule is Cn1ncc(Br)c1CN1C[C@H]2CNC[C@H]2C1. The van der Waals surface area contributed by atoms with Crippen LogP contribution in [0.5, 0.6) is 0 Å². The highest BCUT2D eigenvalue weighted by Crippen LogP contribution is 2.28. The van der Waals surface area contributed by atoms with E-state index in [2.05, 4.69) is 31.2 Å². The minimum Gasteiger partial charge on any atom is -0.316 e. The maximum Gasteiger partial charge on any atom is 0.0663 e. The molecule has 0 radical (unpaired) electrons. The average Bonchev–Trinajstić information content (AvgIpc) is 2.88. The fraction of sp³-hybridized carbons (Fsp3) is 0.727. The van der Waals surface area contributed by atoms with Gasteiger partial charge >= 0.3 is 0 Å². The number of nitrogens with one attached hydrogen (secondary N) is 1. The van der Waals surface area contributed by atoms with Crippen molar-refractivity contribution < 1.29 is 0 Å². The molecule has 0 saturated carbocycles. The molecule has 1 aromatic heterocycles. The molecule has 0 amide bonds. The number of aromatic nitrogens is 2. The first-order chi connectivity index (χ1) is 7.74. The molecule has 16 heavy (non-hydrogen) atoms. The van der Waals surface area contributed by atoms with E-state index in [0.717, 1.165) is 22.9 Å². The highest BCUT2D eigenvalue weighted by atomic mass is 79.9. The van der Waals surface area contributed by atoms with Gasteiger partial charge < -0.3 is 5.32 Å². The van der Waals surface area contributed by atoms with Crippen LogP contribution in [0.4, 0.5) is 0 Å². The number of hydrogen-bond donors (Lipinski definition) is 1. The van der Waals surface area contributed by atoms with Gasteiger partial charge in [-0.2, -0.15) is 5.10 Å². The largest absolute Gasteiger partial charge is 0.316 e. The third-order valence-corrected chi connectivity index (χ3v) is 4.51. The van der Waals surface area contributed by atoms with Crippen LogP contribution >= 0.6 is 15.9 Å². The van der Waals surface area contributed by atoms with Gasteiger partial charge in [0.05, 0.1) is 16.4 Å². The van der Waals surface area contributed by atoms with E-state index in [1.165, 1.54) is 31.9 Å². The van der Waals surface area contributed by atoms with E-state index in [0.29, 0.717) is 0 Å². The van der Waals surface area contributed by atoms with Crippen LogP contribution in [-0.4, -0.2) is 40.9 Å². The third-order valence-electron chi connectivity index (χ3n) is 3.85. The zero-order valence-electron chi connectivity index (χ0n) is 9.49. The number of rotatable bonds is 2. The molecule has 0 bridgehead atoms. The van der Waals surface area contributed by atoms with E-state index in [4.69, 9.17) is 0 Å². The van der Waals surface area contributed by atoms with Crippen LogP contribution in [0.3, 0.4) is 0 Å². The molecule has 2 atom stereocenters. The Hall–Kier alpha value is -0.390. The minimum atomic E-state index is 0.868. The van der Waals surface area contributed by atoms with Crippen molar-refractivity contribution in [2.24, 2.45) is 18.9 Å². The van der Waals surface area contributed by atoms with Gasteiger partial charge in [-0.1, -0.05) is 0 Å². The highest BCUT2D eigenvalue weighted by molar-refractivity contribution is 9.10. The van der Waals surface area contributed by atoms with Crippen molar-refractivity contribution in [1.82, 2.24) is 20.0 Å². The number of hydrogen-bond acceptors (Lipinski definition) is 3. The number of aryl methyl sites for hydroxylation is 1. The van der Waals surface area contributed by atoms with Gasteiger partial charge in [0.15, 0.2) is 0 Å². The molecule has 2 fully saturated rings. The standard InChI is InChI=1S/C11H17BrN4/c1-15-11(10(12)4-14-15)7-16-5-8-2-13-3-9(8)6-16/h4,8-9,13H,2-3,5-7H2,1H3/t8-,9+. The fourth-order valence-electron chi connectivity index (χ4n) is 2.91. The fourth-order valence-corrected chi connectivity index (χ4v) is 3.38. The lowest BCUT2D eigenvalue weighted by atomic mass is 10.0. The Morgan fingerprint density at radius 3 is 2.69 bits per heavy atom. The van der Waals surface area contributed by atoms with Crippen LogP contribution in [-0.2, 0) is 13.6 Å². The normalized spacial score (nSPS) is 29.9. The van der Waals surface area contributed by atoms with Crippen LogP contribution in [0, 0.1) is 11.8 Å². The molecule has 2 aliphatic heterocycles. The number of nitrogens with zero attached hydrogens (tertiary/aromatic N) is 3. The minimum absolute atomic E-state index is 0.868. The van der Waals surface area contributed by atoms with Gasteiger partial charge in [0.25, 0.3) is 0 Å². The Balaban J connectivity index is 1.68. The molecule has 2 saturated heterocycles. The molecule has 0 spiro atoms. The Kier molecular flexibility index (Phi) is 2.77. The van der Waals surface area contributed by atoms with E-state index < -0.39 is 0 Å². The highest BCUT2D eigenvalue weighted by Gasteiger charge is 2.36. The van der Waals surface area contributed by atoms with E-state index in [9.17, 15) is 0 Å². The predicted octanol–water partition coefficient (Wildman–Crippen LogP) is 0.834. The zero-order chi connectivity index (χ0) is 11.1. The Bertz CT molecular complexity index is 358. The van der Waals surface area contributed by atoms with Crippen molar-refractivity contribution in [1.29, 1.82) is 0 Å². The molecule has 3 heterocycles. The Morgan fingerprint density at radius 2 is 2.12 bits per heavy atom. The van der Waals surface area contributed by atoms with Crippen LogP contribution in [0.15, 0.2) is 10.7 Å². The molecule has 2 aliphatic rings. The topological polar surface area (TPSA) is 33.1 Å². The van der Waals surface area contributed by atoms with Crippen molar-refractivity contribution in [3.63, 3.8) is 0 Å². The summed E-state index contributed by atoms with van der Waals surface area (Å²) in [5, 5.41) is 7.73. The molecule has 5 heteroatoms. The van der Waals surface area contributed by atoms with Crippen molar-refractivity contribution >= 4 is 15.9 Å². The van der Waals surface area contributed by atoms with Crippen LogP contribution in [0.1, 0.15) is 5.69 Å². The van der Waals surface area contributed by atoms with E-state index in [1.54, 1.807) is 0 Å². The lowest BCUT2D eigenvalue weighted by Crippen LogP contribution is -2.26. The van der Waals surface area contributed by atoms with Crippen LogP contribution in [0.25, 0.3) is 0 Å². The molecule has 0 unspecified atom stereocenters. The quantitative estimate of drug-likeness (QED) is 0.874. The lowest BCUT2D eigenvalue weighted by Gasteiger charge is -2.17. The first kappa shape index (κ1) is 10.7. The smallest absolute Gasteiger partial charge is 0.0663 e. The summed E-state index contributed by atoms with van der Waals surface area (Å²) in [6.45, 7) is 5.89. The summed E-state index contributed by atoms with van der Waals surface area (Å²) in [7, 11) is 2.01. The summed E-state index contributed by atoms with van der Waals surface area (Å²) in [5.74, 6) is 1.74. The molecular formula is C11H17BrN4. The first-order valence-electron chi connectivity index (χ1n) is 5.83. The second-order valence-corrected chi connectivity index (χ2v) is 5.79. The Labute approximate surface area is 104 Å². The summed E-state index contributed by atoms with van der Waals surface area (Å²) >= 11 is 3.56. The maximum atomic E-state index is 4.26. The Morgan fingerprint density at radius 1 is 1.44 bits per heavy atom. The third kappa shape index (κ3) is 1.81. The maximum absolute atomic E-state index is 4.26. The molecule has 3 rings (SSSR count). The summed E-state index contributed by atoms with van der Waals surface area (Å²) in [4.78, 5) is 2.55. The van der Waals surface area contributed by atoms with Crippen LogP contribution in [0.2, 0.25) is 0 Å². The monoisotopic (exact) mass is 284 g/mol. The summed E-state index contributed by atoms with van der Waals surface area (Å²) in [6, 6.07) is 0.